The highest BCUT2D eigenvalue weighted by molar-refractivity contribution is 5.68. The van der Waals surface area contributed by atoms with Crippen LogP contribution < -0.4 is 9.47 Å². The summed E-state index contributed by atoms with van der Waals surface area (Å²) in [7, 11) is 1.68. The first-order chi connectivity index (χ1) is 11.8. The highest BCUT2D eigenvalue weighted by atomic mass is 16.5. The maximum Gasteiger partial charge on any atom is 0.161 e. The van der Waals surface area contributed by atoms with Gasteiger partial charge in [-0.15, -0.1) is 0 Å². The van der Waals surface area contributed by atoms with Gasteiger partial charge in [0.25, 0.3) is 0 Å². The SMILES string of the molecule is CCCOc1ccc(-c2n[nH]c3c2CN(CCC)CC3)cc1OC. The standard InChI is InChI=1S/C19H27N3O2/c1-4-9-22-10-8-16-15(13-22)19(21-20-16)14-6-7-17(24-11-5-2)18(12-14)23-3/h6-7,12H,4-5,8-11,13H2,1-3H3,(H,20,21). The van der Waals surface area contributed by atoms with Gasteiger partial charge in [-0.05, 0) is 37.6 Å². The smallest absolute Gasteiger partial charge is 0.161 e. The molecule has 1 aliphatic heterocycles. The highest BCUT2D eigenvalue weighted by Gasteiger charge is 2.22. The van der Waals surface area contributed by atoms with E-state index in [-0.39, 0.29) is 0 Å². The van der Waals surface area contributed by atoms with E-state index in [1.807, 2.05) is 12.1 Å². The molecular formula is C19H27N3O2. The van der Waals surface area contributed by atoms with Crippen LogP contribution in [0.25, 0.3) is 11.3 Å². The van der Waals surface area contributed by atoms with Crippen molar-refractivity contribution in [3.05, 3.63) is 29.5 Å². The summed E-state index contributed by atoms with van der Waals surface area (Å²) in [5, 5.41) is 7.81. The van der Waals surface area contributed by atoms with Crippen LogP contribution in [0.5, 0.6) is 11.5 Å². The van der Waals surface area contributed by atoms with Crippen LogP contribution in [-0.4, -0.2) is 41.9 Å². The molecule has 1 N–H and O–H groups in total. The molecule has 0 spiro atoms. The molecule has 0 fully saturated rings. The molecule has 3 rings (SSSR count). The molecule has 5 nitrogen and oxygen atoms in total. The first-order valence-corrected chi connectivity index (χ1v) is 8.86. The summed E-state index contributed by atoms with van der Waals surface area (Å²) < 4.78 is 11.3. The lowest BCUT2D eigenvalue weighted by molar-refractivity contribution is 0.254. The molecule has 0 amide bonds. The Morgan fingerprint density at radius 1 is 1.21 bits per heavy atom. The topological polar surface area (TPSA) is 50.4 Å². The normalized spacial score (nSPS) is 14.5. The summed E-state index contributed by atoms with van der Waals surface area (Å²) in [6.07, 6.45) is 3.20. The molecule has 24 heavy (non-hydrogen) atoms. The van der Waals surface area contributed by atoms with Crippen molar-refractivity contribution in [1.82, 2.24) is 15.1 Å². The minimum atomic E-state index is 0.694. The molecule has 0 saturated carbocycles. The first kappa shape index (κ1) is 16.8. The lowest BCUT2D eigenvalue weighted by Crippen LogP contribution is -2.31. The van der Waals surface area contributed by atoms with E-state index in [1.165, 1.54) is 17.7 Å². The molecule has 5 heteroatoms. The average molecular weight is 329 g/mol. The third-order valence-corrected chi connectivity index (χ3v) is 4.45. The number of hydrogen-bond donors (Lipinski definition) is 1. The Labute approximate surface area is 144 Å². The number of methoxy groups -OCH3 is 1. The van der Waals surface area contributed by atoms with Crippen LogP contribution in [0.3, 0.4) is 0 Å². The van der Waals surface area contributed by atoms with Gasteiger partial charge in [0.15, 0.2) is 11.5 Å². The van der Waals surface area contributed by atoms with Crippen LogP contribution in [0, 0.1) is 0 Å². The van der Waals surface area contributed by atoms with Gasteiger partial charge in [0.05, 0.1) is 19.4 Å². The Morgan fingerprint density at radius 3 is 2.83 bits per heavy atom. The number of fused-ring (bicyclic) bond motifs is 1. The summed E-state index contributed by atoms with van der Waals surface area (Å²) in [4.78, 5) is 2.50. The molecule has 0 unspecified atom stereocenters. The van der Waals surface area contributed by atoms with E-state index in [0.29, 0.717) is 6.61 Å². The van der Waals surface area contributed by atoms with Crippen molar-refractivity contribution in [1.29, 1.82) is 0 Å². The van der Waals surface area contributed by atoms with E-state index in [4.69, 9.17) is 9.47 Å². The Morgan fingerprint density at radius 2 is 2.08 bits per heavy atom. The van der Waals surface area contributed by atoms with Gasteiger partial charge >= 0.3 is 0 Å². The number of nitrogens with zero attached hydrogens (tertiary/aromatic N) is 2. The average Bonchev–Trinajstić information content (AvgIpc) is 3.03. The zero-order chi connectivity index (χ0) is 16.9. The number of rotatable bonds is 7. The van der Waals surface area contributed by atoms with Crippen molar-refractivity contribution in [2.75, 3.05) is 26.8 Å². The quantitative estimate of drug-likeness (QED) is 0.842. The fraction of sp³-hybridized carbons (Fsp3) is 0.526. The number of aromatic amines is 1. The first-order valence-electron chi connectivity index (χ1n) is 8.86. The van der Waals surface area contributed by atoms with Gasteiger partial charge in [-0.1, -0.05) is 13.8 Å². The van der Waals surface area contributed by atoms with Gasteiger partial charge in [0, 0.05) is 36.3 Å². The number of hydrogen-bond acceptors (Lipinski definition) is 4. The Bertz CT molecular complexity index is 681. The maximum absolute atomic E-state index is 5.75. The Balaban J connectivity index is 1.89. The highest BCUT2D eigenvalue weighted by Crippen LogP contribution is 2.35. The Kier molecular flexibility index (Phi) is 5.41. The van der Waals surface area contributed by atoms with Gasteiger partial charge in [0.1, 0.15) is 0 Å². The molecule has 2 aromatic rings. The van der Waals surface area contributed by atoms with Crippen molar-refractivity contribution in [3.8, 4) is 22.8 Å². The van der Waals surface area contributed by atoms with Crippen LogP contribution in [0.1, 0.15) is 37.9 Å². The predicted octanol–water partition coefficient (Wildman–Crippen LogP) is 3.64. The molecule has 0 radical (unpaired) electrons. The lowest BCUT2D eigenvalue weighted by Gasteiger charge is -2.26. The fourth-order valence-corrected chi connectivity index (χ4v) is 3.24. The molecule has 1 aliphatic rings. The minimum absolute atomic E-state index is 0.694. The summed E-state index contributed by atoms with van der Waals surface area (Å²) in [6, 6.07) is 6.08. The largest absolute Gasteiger partial charge is 0.493 e. The monoisotopic (exact) mass is 329 g/mol. The molecule has 2 heterocycles. The van der Waals surface area contributed by atoms with E-state index >= 15 is 0 Å². The fourth-order valence-electron chi connectivity index (χ4n) is 3.24. The number of benzene rings is 1. The summed E-state index contributed by atoms with van der Waals surface area (Å²) >= 11 is 0. The van der Waals surface area contributed by atoms with Gasteiger partial charge in [-0.2, -0.15) is 5.10 Å². The van der Waals surface area contributed by atoms with Crippen LogP contribution in [0.4, 0.5) is 0 Å². The zero-order valence-electron chi connectivity index (χ0n) is 14.9. The van der Waals surface area contributed by atoms with E-state index in [0.717, 1.165) is 55.2 Å². The Hall–Kier alpha value is -2.01. The van der Waals surface area contributed by atoms with Crippen LogP contribution >= 0.6 is 0 Å². The molecule has 130 valence electrons. The van der Waals surface area contributed by atoms with E-state index in [2.05, 4.69) is 35.0 Å². The minimum Gasteiger partial charge on any atom is -0.493 e. The van der Waals surface area contributed by atoms with Crippen LogP contribution in [-0.2, 0) is 13.0 Å². The predicted molar refractivity (Wildman–Crippen MR) is 95.6 cm³/mol. The second kappa shape index (κ2) is 7.71. The van der Waals surface area contributed by atoms with Crippen molar-refractivity contribution in [2.24, 2.45) is 0 Å². The van der Waals surface area contributed by atoms with Crippen molar-refractivity contribution >= 4 is 0 Å². The third kappa shape index (κ3) is 3.41. The summed E-state index contributed by atoms with van der Waals surface area (Å²) in [6.45, 7) is 8.22. The maximum atomic E-state index is 5.75. The van der Waals surface area contributed by atoms with Gasteiger partial charge in [-0.25, -0.2) is 0 Å². The molecular weight excluding hydrogens is 302 g/mol. The third-order valence-electron chi connectivity index (χ3n) is 4.45. The van der Waals surface area contributed by atoms with E-state index < -0.39 is 0 Å². The summed E-state index contributed by atoms with van der Waals surface area (Å²) in [5.41, 5.74) is 4.69. The second-order valence-electron chi connectivity index (χ2n) is 6.27. The zero-order valence-corrected chi connectivity index (χ0v) is 14.9. The van der Waals surface area contributed by atoms with Crippen LogP contribution in [0.2, 0.25) is 0 Å². The lowest BCUT2D eigenvalue weighted by atomic mass is 10.0. The molecule has 0 saturated heterocycles. The van der Waals surface area contributed by atoms with E-state index in [1.54, 1.807) is 7.11 Å². The van der Waals surface area contributed by atoms with Crippen molar-refractivity contribution < 1.29 is 9.47 Å². The number of aromatic nitrogens is 2. The van der Waals surface area contributed by atoms with Gasteiger partial charge in [-0.3, -0.25) is 10.00 Å². The van der Waals surface area contributed by atoms with Gasteiger partial charge < -0.3 is 9.47 Å². The number of H-pyrrole nitrogens is 1. The molecule has 0 bridgehead atoms. The van der Waals surface area contributed by atoms with Crippen LogP contribution in [0.15, 0.2) is 18.2 Å². The molecule has 1 aromatic heterocycles. The molecule has 0 atom stereocenters. The van der Waals surface area contributed by atoms with Crippen molar-refractivity contribution in [2.45, 2.75) is 39.7 Å². The van der Waals surface area contributed by atoms with E-state index in [9.17, 15) is 0 Å². The molecule has 1 aromatic carbocycles. The van der Waals surface area contributed by atoms with Gasteiger partial charge in [0.2, 0.25) is 0 Å². The number of nitrogens with one attached hydrogen (secondary N) is 1. The molecule has 0 aliphatic carbocycles. The summed E-state index contributed by atoms with van der Waals surface area (Å²) in [5.74, 6) is 1.55. The number of ether oxygens (including phenoxy) is 2. The second-order valence-corrected chi connectivity index (χ2v) is 6.27. The van der Waals surface area contributed by atoms with Crippen molar-refractivity contribution in [3.63, 3.8) is 0 Å².